The number of likely N-dealkylation sites (N-methyl/N-ethyl adjacent to an activating group) is 1. The lowest BCUT2D eigenvalue weighted by Crippen LogP contribution is -2.37. The third kappa shape index (κ3) is 78.4. The van der Waals surface area contributed by atoms with E-state index in [2.05, 4.69) is 86.8 Å². The Bertz CT molecular complexity index is 1820. The molecule has 550 valence electrons. The number of phosphoric acid groups is 1. The molecule has 0 fully saturated rings. The van der Waals surface area contributed by atoms with Gasteiger partial charge in [0.1, 0.15) is 19.8 Å². The molecule has 0 radical (unpaired) electrons. The average molecular weight is 1340 g/mol. The Morgan fingerprint density at radius 1 is 0.340 bits per heavy atom. The Kier molecular flexibility index (Phi) is 72.6. The van der Waals surface area contributed by atoms with Crippen LogP contribution < -0.4 is 4.89 Å². The van der Waals surface area contributed by atoms with Gasteiger partial charge in [-0.05, 0) is 83.5 Å². The maximum absolute atomic E-state index is 12.9. The Balaban J connectivity index is 3.89. The standard InChI is InChI=1S/C84H156NO8P/c1-6-8-10-12-14-16-18-20-22-24-26-28-30-32-34-36-38-39-40-41-42-43-44-45-47-48-50-52-54-56-58-60-62-64-66-68-70-72-74-76-83(86)90-80-82(81-92-94(88,89)91-79-78-85(3,4)5)93-84(87)77-75-73-71-69-67-65-63-61-59-57-55-53-51-49-46-37-35-33-31-29-27-25-23-21-19-17-15-13-11-9-7-2/h9,11,15,17-18,20-21,23-24,26-27,29,82H,6-8,10,12-14,16,19,22,25,28,30-81H2,1-5H3/b11-9-,17-15-,20-18-,23-21-,26-24-,29-27-. The molecule has 0 saturated heterocycles. The number of hydrogen-bond acceptors (Lipinski definition) is 8. The average Bonchev–Trinajstić information content (AvgIpc) is 1.66. The van der Waals surface area contributed by atoms with Gasteiger partial charge in [-0.3, -0.25) is 14.2 Å². The van der Waals surface area contributed by atoms with E-state index in [0.29, 0.717) is 17.4 Å². The van der Waals surface area contributed by atoms with Crippen LogP contribution in [0.5, 0.6) is 0 Å². The lowest BCUT2D eigenvalue weighted by atomic mass is 10.0. The van der Waals surface area contributed by atoms with Gasteiger partial charge in [0.25, 0.3) is 7.82 Å². The van der Waals surface area contributed by atoms with Crippen molar-refractivity contribution in [1.82, 2.24) is 0 Å². The van der Waals surface area contributed by atoms with Crippen molar-refractivity contribution < 1.29 is 42.1 Å². The van der Waals surface area contributed by atoms with Gasteiger partial charge in [-0.2, -0.15) is 0 Å². The van der Waals surface area contributed by atoms with Crippen LogP contribution in [0.15, 0.2) is 72.9 Å². The second-order valence-corrected chi connectivity index (χ2v) is 30.2. The number of esters is 2. The van der Waals surface area contributed by atoms with Gasteiger partial charge in [-0.25, -0.2) is 0 Å². The van der Waals surface area contributed by atoms with Gasteiger partial charge in [-0.1, -0.05) is 376 Å². The van der Waals surface area contributed by atoms with E-state index in [9.17, 15) is 19.0 Å². The molecule has 0 spiro atoms. The number of carbonyl (C=O) groups is 2. The first kappa shape index (κ1) is 91.4. The molecule has 0 rings (SSSR count). The van der Waals surface area contributed by atoms with E-state index in [1.165, 1.54) is 295 Å². The molecule has 2 atom stereocenters. The summed E-state index contributed by atoms with van der Waals surface area (Å²) in [5, 5.41) is 0. The van der Waals surface area contributed by atoms with Crippen molar-refractivity contribution in [3.8, 4) is 0 Å². The Labute approximate surface area is 584 Å². The van der Waals surface area contributed by atoms with E-state index in [0.717, 1.165) is 70.6 Å². The van der Waals surface area contributed by atoms with Crippen LogP contribution >= 0.6 is 7.82 Å². The molecule has 0 amide bonds. The molecule has 0 N–H and O–H groups in total. The van der Waals surface area contributed by atoms with Crippen LogP contribution in [0.1, 0.15) is 399 Å². The second-order valence-electron chi connectivity index (χ2n) is 28.8. The molecule has 2 unspecified atom stereocenters. The highest BCUT2D eigenvalue weighted by Gasteiger charge is 2.22. The number of ether oxygens (including phenoxy) is 2. The summed E-state index contributed by atoms with van der Waals surface area (Å²) in [5.74, 6) is -0.812. The molecule has 0 aromatic rings. The van der Waals surface area contributed by atoms with Crippen LogP contribution in [-0.4, -0.2) is 70.0 Å². The zero-order valence-corrected chi connectivity index (χ0v) is 63.8. The number of allylic oxidation sites excluding steroid dienone is 12. The van der Waals surface area contributed by atoms with E-state index < -0.39 is 26.5 Å². The number of unbranched alkanes of at least 4 members (excludes halogenated alkanes) is 50. The first-order valence-electron chi connectivity index (χ1n) is 40.6. The maximum Gasteiger partial charge on any atom is 0.306 e. The predicted octanol–water partition coefficient (Wildman–Crippen LogP) is 26.4. The summed E-state index contributed by atoms with van der Waals surface area (Å²) in [6.07, 6.45) is 102. The van der Waals surface area contributed by atoms with Crippen molar-refractivity contribution in [2.24, 2.45) is 0 Å². The fraction of sp³-hybridized carbons (Fsp3) is 0.833. The number of carbonyl (C=O) groups excluding carboxylic acids is 2. The van der Waals surface area contributed by atoms with Crippen LogP contribution in [0.25, 0.3) is 0 Å². The minimum absolute atomic E-state index is 0.0293. The zero-order valence-electron chi connectivity index (χ0n) is 62.9. The summed E-state index contributed by atoms with van der Waals surface area (Å²) in [4.78, 5) is 38.2. The second kappa shape index (κ2) is 74.7. The number of rotatable bonds is 76. The van der Waals surface area contributed by atoms with E-state index in [-0.39, 0.29) is 32.0 Å². The molecular formula is C84H156NO8P. The van der Waals surface area contributed by atoms with Crippen molar-refractivity contribution >= 4 is 19.8 Å². The lowest BCUT2D eigenvalue weighted by molar-refractivity contribution is -0.870. The molecule has 0 aliphatic heterocycles. The monoisotopic (exact) mass is 1340 g/mol. The smallest absolute Gasteiger partial charge is 0.306 e. The molecule has 9 nitrogen and oxygen atoms in total. The predicted molar refractivity (Wildman–Crippen MR) is 406 cm³/mol. The van der Waals surface area contributed by atoms with E-state index in [1.807, 2.05) is 21.1 Å². The van der Waals surface area contributed by atoms with E-state index in [1.54, 1.807) is 0 Å². The maximum atomic E-state index is 12.9. The van der Waals surface area contributed by atoms with Gasteiger partial charge < -0.3 is 27.9 Å². The Morgan fingerprint density at radius 3 is 0.904 bits per heavy atom. The van der Waals surface area contributed by atoms with Gasteiger partial charge in [0.2, 0.25) is 0 Å². The van der Waals surface area contributed by atoms with Gasteiger partial charge >= 0.3 is 11.9 Å². The Hall–Kier alpha value is -2.55. The van der Waals surface area contributed by atoms with Gasteiger partial charge in [0.05, 0.1) is 27.7 Å². The third-order valence-electron chi connectivity index (χ3n) is 18.2. The van der Waals surface area contributed by atoms with E-state index >= 15 is 0 Å². The fourth-order valence-electron chi connectivity index (χ4n) is 12.0. The summed E-state index contributed by atoms with van der Waals surface area (Å²) in [6, 6.07) is 0. The van der Waals surface area contributed by atoms with Crippen molar-refractivity contribution in [3.05, 3.63) is 72.9 Å². The molecule has 0 aliphatic carbocycles. The molecule has 0 aromatic heterocycles. The third-order valence-corrected chi connectivity index (χ3v) is 19.2. The normalized spacial score (nSPS) is 13.4. The molecule has 0 aromatic carbocycles. The van der Waals surface area contributed by atoms with E-state index in [4.69, 9.17) is 18.5 Å². The van der Waals surface area contributed by atoms with Gasteiger partial charge in [0, 0.05) is 12.8 Å². The number of quaternary nitrogens is 1. The van der Waals surface area contributed by atoms with Gasteiger partial charge in [0.15, 0.2) is 6.10 Å². The summed E-state index contributed by atoms with van der Waals surface area (Å²) in [5.41, 5.74) is 0. The van der Waals surface area contributed by atoms with Crippen LogP contribution in [-0.2, 0) is 32.7 Å². The van der Waals surface area contributed by atoms with Crippen LogP contribution in [0.4, 0.5) is 0 Å². The summed E-state index contributed by atoms with van der Waals surface area (Å²) in [7, 11) is 1.18. The SMILES string of the molecule is CC/C=C\C/C=C\C/C=C\C/C=C\CCCCCCCCCCCCCCCCCCCCC(=O)OC(COC(=O)CCCCCCCCCCCCCCCCCCCCCCCCCCCCC/C=C\C/C=C\CCCCCCC)COP(=O)([O-])OCC[N+](C)(C)C. The largest absolute Gasteiger partial charge is 0.756 e. The minimum Gasteiger partial charge on any atom is -0.756 e. The highest BCUT2D eigenvalue weighted by atomic mass is 31.2. The zero-order chi connectivity index (χ0) is 68.3. The minimum atomic E-state index is -4.65. The summed E-state index contributed by atoms with van der Waals surface area (Å²) in [6.45, 7) is 4.18. The fourth-order valence-corrected chi connectivity index (χ4v) is 12.8. The molecule has 0 saturated carbocycles. The summed E-state index contributed by atoms with van der Waals surface area (Å²) >= 11 is 0. The van der Waals surface area contributed by atoms with Crippen LogP contribution in [0.2, 0.25) is 0 Å². The van der Waals surface area contributed by atoms with Crippen molar-refractivity contribution in [3.63, 3.8) is 0 Å². The first-order chi connectivity index (χ1) is 46.0. The lowest BCUT2D eigenvalue weighted by Gasteiger charge is -2.28. The highest BCUT2D eigenvalue weighted by Crippen LogP contribution is 2.38. The van der Waals surface area contributed by atoms with Crippen molar-refractivity contribution in [2.75, 3.05) is 47.5 Å². The topological polar surface area (TPSA) is 111 Å². The number of nitrogens with zero attached hydrogens (tertiary/aromatic N) is 1. The molecular weight excluding hydrogens is 1180 g/mol. The molecule has 0 heterocycles. The number of hydrogen-bond donors (Lipinski definition) is 0. The Morgan fingerprint density at radius 2 is 0.606 bits per heavy atom. The van der Waals surface area contributed by atoms with Crippen molar-refractivity contribution in [1.29, 1.82) is 0 Å². The number of phosphoric ester groups is 1. The van der Waals surface area contributed by atoms with Crippen LogP contribution in [0.3, 0.4) is 0 Å². The molecule has 94 heavy (non-hydrogen) atoms. The van der Waals surface area contributed by atoms with Gasteiger partial charge in [-0.15, -0.1) is 0 Å². The highest BCUT2D eigenvalue weighted by molar-refractivity contribution is 7.45. The molecule has 0 aliphatic rings. The van der Waals surface area contributed by atoms with Crippen LogP contribution in [0, 0.1) is 0 Å². The summed E-state index contributed by atoms with van der Waals surface area (Å²) < 4.78 is 34.4. The quantitative estimate of drug-likeness (QED) is 0.0195. The van der Waals surface area contributed by atoms with Crippen molar-refractivity contribution in [2.45, 2.75) is 405 Å². The molecule has 10 heteroatoms. The molecule has 0 bridgehead atoms. The first-order valence-corrected chi connectivity index (χ1v) is 42.1.